The Morgan fingerprint density at radius 3 is 2.74 bits per heavy atom. The third-order valence-electron chi connectivity index (χ3n) is 2.79. The Balaban J connectivity index is 2.61. The molecule has 110 valence electrons. The minimum Gasteiger partial charge on any atom is -0.382 e. The van der Waals surface area contributed by atoms with E-state index in [1.54, 1.807) is 13.3 Å². The molecular formula is C12H23ClN4O2. The summed E-state index contributed by atoms with van der Waals surface area (Å²) in [7, 11) is 1.65. The monoisotopic (exact) mass is 290 g/mol. The van der Waals surface area contributed by atoms with E-state index in [4.69, 9.17) is 26.9 Å². The van der Waals surface area contributed by atoms with Crippen LogP contribution in [0.25, 0.3) is 0 Å². The minimum absolute atomic E-state index is 0.0834. The van der Waals surface area contributed by atoms with Crippen LogP contribution in [0.1, 0.15) is 38.0 Å². The normalized spacial score (nSPS) is 13.2. The quantitative estimate of drug-likeness (QED) is 0.411. The number of hydrogen-bond donors (Lipinski definition) is 2. The van der Waals surface area contributed by atoms with Gasteiger partial charge in [-0.15, -0.1) is 0 Å². The van der Waals surface area contributed by atoms with Crippen molar-refractivity contribution < 1.29 is 9.47 Å². The molecule has 0 radical (unpaired) electrons. The fraction of sp³-hybridized carbons (Fsp3) is 0.750. The van der Waals surface area contributed by atoms with Gasteiger partial charge in [0, 0.05) is 19.8 Å². The van der Waals surface area contributed by atoms with Gasteiger partial charge in [0.25, 0.3) is 0 Å². The molecule has 0 aromatic carbocycles. The highest BCUT2D eigenvalue weighted by atomic mass is 35.5. The lowest BCUT2D eigenvalue weighted by Gasteiger charge is -2.20. The van der Waals surface area contributed by atoms with Crippen LogP contribution in [0.15, 0.2) is 6.20 Å². The second-order valence-corrected chi connectivity index (χ2v) is 4.94. The van der Waals surface area contributed by atoms with E-state index in [-0.39, 0.29) is 12.1 Å². The first-order valence-electron chi connectivity index (χ1n) is 6.37. The molecule has 0 aliphatic rings. The van der Waals surface area contributed by atoms with Gasteiger partial charge >= 0.3 is 0 Å². The molecule has 0 fully saturated rings. The molecule has 19 heavy (non-hydrogen) atoms. The molecule has 0 saturated heterocycles. The van der Waals surface area contributed by atoms with Crippen molar-refractivity contribution in [3.8, 4) is 0 Å². The predicted octanol–water partition coefficient (Wildman–Crippen LogP) is 1.67. The number of rotatable bonds is 9. The van der Waals surface area contributed by atoms with E-state index in [1.807, 2.05) is 4.68 Å². The van der Waals surface area contributed by atoms with Crippen LogP contribution in [0.3, 0.4) is 0 Å². The van der Waals surface area contributed by atoms with Crippen LogP contribution in [0.4, 0.5) is 0 Å². The fourth-order valence-electron chi connectivity index (χ4n) is 1.83. The predicted molar refractivity (Wildman–Crippen MR) is 75.0 cm³/mol. The molecule has 0 spiro atoms. The molecule has 1 unspecified atom stereocenters. The standard InChI is InChI=1S/C12H23ClN4O2/c1-9(2)17-12(10(13)8-15-17)11(16-14)4-5-19-7-6-18-3/h8-9,11,16H,4-7,14H2,1-3H3. The minimum atomic E-state index is -0.0834. The molecule has 1 aromatic rings. The average Bonchev–Trinajstić information content (AvgIpc) is 2.76. The van der Waals surface area contributed by atoms with Crippen LogP contribution in [0.2, 0.25) is 5.02 Å². The van der Waals surface area contributed by atoms with Crippen LogP contribution < -0.4 is 11.3 Å². The molecule has 0 bridgehead atoms. The molecule has 1 aromatic heterocycles. The van der Waals surface area contributed by atoms with Gasteiger partial charge in [0.2, 0.25) is 0 Å². The molecule has 1 rings (SSSR count). The number of methoxy groups -OCH3 is 1. The molecule has 6 nitrogen and oxygen atoms in total. The van der Waals surface area contributed by atoms with Crippen molar-refractivity contribution in [2.45, 2.75) is 32.4 Å². The van der Waals surface area contributed by atoms with Crippen LogP contribution in [0.5, 0.6) is 0 Å². The molecule has 7 heteroatoms. The second kappa shape index (κ2) is 8.50. The lowest BCUT2D eigenvalue weighted by Crippen LogP contribution is -2.31. The van der Waals surface area contributed by atoms with Gasteiger partial charge in [-0.1, -0.05) is 11.6 Å². The summed E-state index contributed by atoms with van der Waals surface area (Å²) in [6.07, 6.45) is 2.37. The van der Waals surface area contributed by atoms with E-state index in [9.17, 15) is 0 Å². The van der Waals surface area contributed by atoms with Crippen molar-refractivity contribution in [1.82, 2.24) is 15.2 Å². The summed E-state index contributed by atoms with van der Waals surface area (Å²) in [5, 5.41) is 4.89. The maximum absolute atomic E-state index is 6.19. The first kappa shape index (κ1) is 16.4. The fourth-order valence-corrected chi connectivity index (χ4v) is 2.09. The number of nitrogens with two attached hydrogens (primary N) is 1. The summed E-state index contributed by atoms with van der Waals surface area (Å²) in [6.45, 7) is 5.85. The topological polar surface area (TPSA) is 74.3 Å². The van der Waals surface area contributed by atoms with Crippen molar-refractivity contribution >= 4 is 11.6 Å². The van der Waals surface area contributed by atoms with E-state index in [2.05, 4.69) is 24.4 Å². The van der Waals surface area contributed by atoms with E-state index in [0.29, 0.717) is 24.8 Å². The van der Waals surface area contributed by atoms with Gasteiger partial charge in [0.05, 0.1) is 36.2 Å². The second-order valence-electron chi connectivity index (χ2n) is 4.53. The highest BCUT2D eigenvalue weighted by Crippen LogP contribution is 2.27. The largest absolute Gasteiger partial charge is 0.382 e. The number of nitrogens with one attached hydrogen (secondary N) is 1. The van der Waals surface area contributed by atoms with E-state index < -0.39 is 0 Å². The summed E-state index contributed by atoms with van der Waals surface area (Å²) in [5.41, 5.74) is 3.67. The van der Waals surface area contributed by atoms with Crippen molar-refractivity contribution in [2.24, 2.45) is 5.84 Å². The van der Waals surface area contributed by atoms with E-state index in [0.717, 1.165) is 12.1 Å². The molecule has 1 atom stereocenters. The summed E-state index contributed by atoms with van der Waals surface area (Å²) in [6, 6.07) is 0.146. The van der Waals surface area contributed by atoms with Gasteiger partial charge in [-0.2, -0.15) is 5.10 Å². The van der Waals surface area contributed by atoms with Gasteiger partial charge in [-0.25, -0.2) is 0 Å². The number of hydrogen-bond acceptors (Lipinski definition) is 5. The maximum atomic E-state index is 6.19. The Bertz CT molecular complexity index is 371. The third kappa shape index (κ3) is 4.74. The Morgan fingerprint density at radius 1 is 1.42 bits per heavy atom. The van der Waals surface area contributed by atoms with Crippen molar-refractivity contribution in [3.05, 3.63) is 16.9 Å². The molecule has 0 saturated carbocycles. The zero-order chi connectivity index (χ0) is 14.3. The number of hydrazine groups is 1. The van der Waals surface area contributed by atoms with Crippen LogP contribution in [-0.2, 0) is 9.47 Å². The molecule has 3 N–H and O–H groups in total. The number of halogens is 1. The Kier molecular flexibility index (Phi) is 7.33. The summed E-state index contributed by atoms with van der Waals surface area (Å²) >= 11 is 6.19. The highest BCUT2D eigenvalue weighted by Gasteiger charge is 2.20. The van der Waals surface area contributed by atoms with Crippen molar-refractivity contribution in [1.29, 1.82) is 0 Å². The Labute approximate surface area is 119 Å². The van der Waals surface area contributed by atoms with Gasteiger partial charge in [0.15, 0.2) is 0 Å². The van der Waals surface area contributed by atoms with Gasteiger partial charge < -0.3 is 9.47 Å². The van der Waals surface area contributed by atoms with E-state index >= 15 is 0 Å². The number of ether oxygens (including phenoxy) is 2. The van der Waals surface area contributed by atoms with Gasteiger partial charge in [-0.3, -0.25) is 16.0 Å². The Hall–Kier alpha value is -0.660. The third-order valence-corrected chi connectivity index (χ3v) is 3.08. The average molecular weight is 291 g/mol. The van der Waals surface area contributed by atoms with E-state index in [1.165, 1.54) is 0 Å². The first-order chi connectivity index (χ1) is 9.11. The molecule has 0 aliphatic heterocycles. The molecule has 0 amide bonds. The Morgan fingerprint density at radius 2 is 2.16 bits per heavy atom. The van der Waals surface area contributed by atoms with Crippen molar-refractivity contribution in [2.75, 3.05) is 26.9 Å². The molecule has 0 aliphatic carbocycles. The summed E-state index contributed by atoms with van der Waals surface area (Å²) in [5.74, 6) is 5.61. The molecular weight excluding hydrogens is 268 g/mol. The zero-order valence-corrected chi connectivity index (χ0v) is 12.5. The van der Waals surface area contributed by atoms with Crippen LogP contribution in [0, 0.1) is 0 Å². The number of aromatic nitrogens is 2. The highest BCUT2D eigenvalue weighted by molar-refractivity contribution is 6.31. The lowest BCUT2D eigenvalue weighted by molar-refractivity contribution is 0.0653. The first-order valence-corrected chi connectivity index (χ1v) is 6.75. The SMILES string of the molecule is COCCOCCC(NN)c1c(Cl)cnn1C(C)C. The lowest BCUT2D eigenvalue weighted by atomic mass is 10.1. The van der Waals surface area contributed by atoms with Crippen molar-refractivity contribution in [3.63, 3.8) is 0 Å². The number of nitrogens with zero attached hydrogens (tertiary/aromatic N) is 2. The maximum Gasteiger partial charge on any atom is 0.0834 e. The van der Waals surface area contributed by atoms with Crippen LogP contribution >= 0.6 is 11.6 Å². The molecule has 1 heterocycles. The van der Waals surface area contributed by atoms with Gasteiger partial charge in [-0.05, 0) is 20.3 Å². The zero-order valence-electron chi connectivity index (χ0n) is 11.7. The summed E-state index contributed by atoms with van der Waals surface area (Å²) in [4.78, 5) is 0. The smallest absolute Gasteiger partial charge is 0.0834 e. The summed E-state index contributed by atoms with van der Waals surface area (Å²) < 4.78 is 12.2. The van der Waals surface area contributed by atoms with Gasteiger partial charge in [0.1, 0.15) is 0 Å². The van der Waals surface area contributed by atoms with Crippen LogP contribution in [-0.4, -0.2) is 36.7 Å².